The average molecular weight is 320 g/mol. The summed E-state index contributed by atoms with van der Waals surface area (Å²) in [6, 6.07) is 15.6. The zero-order chi connectivity index (χ0) is 16.8. The second kappa shape index (κ2) is 7.62. The maximum atomic E-state index is 11.9. The SMILES string of the molecule is CN1CCN(c2ccc(C#CNC(=O)c3ccccc3)cn2)CC1. The van der Waals surface area contributed by atoms with Crippen LogP contribution < -0.4 is 10.2 Å². The van der Waals surface area contributed by atoms with E-state index >= 15 is 0 Å². The Morgan fingerprint density at radius 3 is 2.50 bits per heavy atom. The molecule has 0 bridgehead atoms. The molecule has 1 aliphatic heterocycles. The van der Waals surface area contributed by atoms with Crippen LogP contribution in [0, 0.1) is 12.0 Å². The molecule has 5 nitrogen and oxygen atoms in total. The van der Waals surface area contributed by atoms with Gasteiger partial charge >= 0.3 is 0 Å². The Hall–Kier alpha value is -2.84. The van der Waals surface area contributed by atoms with Crippen molar-refractivity contribution in [2.24, 2.45) is 0 Å². The van der Waals surface area contributed by atoms with Crippen molar-refractivity contribution in [1.29, 1.82) is 0 Å². The van der Waals surface area contributed by atoms with Crippen LogP contribution in [0.1, 0.15) is 15.9 Å². The van der Waals surface area contributed by atoms with Crippen LogP contribution in [0.3, 0.4) is 0 Å². The van der Waals surface area contributed by atoms with Gasteiger partial charge in [0.1, 0.15) is 5.82 Å². The number of nitrogens with zero attached hydrogens (tertiary/aromatic N) is 3. The van der Waals surface area contributed by atoms with Crippen molar-refractivity contribution in [2.75, 3.05) is 38.1 Å². The highest BCUT2D eigenvalue weighted by molar-refractivity contribution is 5.95. The molecule has 2 aromatic rings. The smallest absolute Gasteiger partial charge is 0.262 e. The number of piperazine rings is 1. The maximum absolute atomic E-state index is 11.9. The van der Waals surface area contributed by atoms with Gasteiger partial charge in [0.2, 0.25) is 0 Å². The fraction of sp³-hybridized carbons (Fsp3) is 0.263. The van der Waals surface area contributed by atoms with Gasteiger partial charge in [-0.2, -0.15) is 0 Å². The third kappa shape index (κ3) is 4.12. The van der Waals surface area contributed by atoms with Crippen molar-refractivity contribution >= 4 is 11.7 Å². The largest absolute Gasteiger partial charge is 0.354 e. The molecule has 122 valence electrons. The lowest BCUT2D eigenvalue weighted by molar-refractivity contribution is 0.0973. The predicted molar refractivity (Wildman–Crippen MR) is 94.7 cm³/mol. The van der Waals surface area contributed by atoms with Crippen molar-refractivity contribution in [3.05, 3.63) is 59.8 Å². The number of benzene rings is 1. The third-order valence-corrected chi connectivity index (χ3v) is 3.99. The third-order valence-electron chi connectivity index (χ3n) is 3.99. The van der Waals surface area contributed by atoms with E-state index in [0.29, 0.717) is 5.56 Å². The Morgan fingerprint density at radius 1 is 1.08 bits per heavy atom. The Balaban J connectivity index is 1.58. The molecule has 1 aliphatic rings. The minimum atomic E-state index is -0.204. The fourth-order valence-corrected chi connectivity index (χ4v) is 2.50. The molecule has 0 atom stereocenters. The predicted octanol–water partition coefficient (Wildman–Crippen LogP) is 1.57. The zero-order valence-corrected chi connectivity index (χ0v) is 13.7. The minimum absolute atomic E-state index is 0.204. The topological polar surface area (TPSA) is 48.5 Å². The number of likely N-dealkylation sites (N-methyl/N-ethyl adjacent to an activating group) is 1. The first-order valence-electron chi connectivity index (χ1n) is 7.98. The summed E-state index contributed by atoms with van der Waals surface area (Å²) in [5, 5.41) is 2.59. The lowest BCUT2D eigenvalue weighted by atomic mass is 10.2. The number of carbonyl (C=O) groups is 1. The molecule has 1 amide bonds. The Labute approximate surface area is 142 Å². The quantitative estimate of drug-likeness (QED) is 0.674. The van der Waals surface area contributed by atoms with Gasteiger partial charge in [-0.1, -0.05) is 18.2 Å². The van der Waals surface area contributed by atoms with Crippen LogP contribution in [0.2, 0.25) is 0 Å². The van der Waals surface area contributed by atoms with E-state index in [1.807, 2.05) is 30.3 Å². The number of hydrogen-bond acceptors (Lipinski definition) is 4. The highest BCUT2D eigenvalue weighted by Crippen LogP contribution is 2.13. The van der Waals surface area contributed by atoms with Crippen LogP contribution in [0.5, 0.6) is 0 Å². The number of amides is 1. The second-order valence-corrected chi connectivity index (χ2v) is 5.77. The zero-order valence-electron chi connectivity index (χ0n) is 13.7. The van der Waals surface area contributed by atoms with E-state index in [0.717, 1.165) is 37.6 Å². The van der Waals surface area contributed by atoms with E-state index in [2.05, 4.69) is 39.1 Å². The van der Waals surface area contributed by atoms with Crippen LogP contribution in [0.25, 0.3) is 0 Å². The first-order chi connectivity index (χ1) is 11.7. The van der Waals surface area contributed by atoms with E-state index in [4.69, 9.17) is 0 Å². The Kier molecular flexibility index (Phi) is 5.09. The fourth-order valence-electron chi connectivity index (χ4n) is 2.50. The van der Waals surface area contributed by atoms with Gasteiger partial charge in [0.05, 0.1) is 0 Å². The van der Waals surface area contributed by atoms with Crippen LogP contribution in [0.4, 0.5) is 5.82 Å². The highest BCUT2D eigenvalue weighted by atomic mass is 16.1. The second-order valence-electron chi connectivity index (χ2n) is 5.77. The van der Waals surface area contributed by atoms with Crippen LogP contribution in [-0.4, -0.2) is 49.0 Å². The summed E-state index contributed by atoms with van der Waals surface area (Å²) in [7, 11) is 2.13. The van der Waals surface area contributed by atoms with Gasteiger partial charge in [-0.25, -0.2) is 4.98 Å². The summed E-state index contributed by atoms with van der Waals surface area (Å²) >= 11 is 0. The molecule has 0 spiro atoms. The Bertz CT molecular complexity index is 738. The van der Waals surface area contributed by atoms with Crippen molar-refractivity contribution in [3.63, 3.8) is 0 Å². The standard InChI is InChI=1S/C19H20N4O/c1-22-11-13-23(14-12-22)18-8-7-16(15-21-18)9-10-20-19(24)17-5-3-2-4-6-17/h2-8,15H,11-14H2,1H3,(H,20,24). The van der Waals surface area contributed by atoms with E-state index in [1.165, 1.54) is 0 Å². The molecule has 0 radical (unpaired) electrons. The monoisotopic (exact) mass is 320 g/mol. The number of hydrogen-bond donors (Lipinski definition) is 1. The van der Waals surface area contributed by atoms with Crippen molar-refractivity contribution < 1.29 is 4.79 Å². The van der Waals surface area contributed by atoms with Gasteiger partial charge in [-0.05, 0) is 37.2 Å². The first-order valence-corrected chi connectivity index (χ1v) is 7.98. The number of rotatable bonds is 2. The average Bonchev–Trinajstić information content (AvgIpc) is 2.64. The molecule has 0 saturated carbocycles. The summed E-state index contributed by atoms with van der Waals surface area (Å²) in [6.07, 6.45) is 1.75. The minimum Gasteiger partial charge on any atom is -0.354 e. The van der Waals surface area contributed by atoms with Gasteiger partial charge in [0.25, 0.3) is 5.91 Å². The molecule has 3 rings (SSSR count). The summed E-state index contributed by atoms with van der Waals surface area (Å²) in [4.78, 5) is 20.9. The first kappa shape index (κ1) is 16.0. The molecule has 0 unspecified atom stereocenters. The van der Waals surface area contributed by atoms with Gasteiger partial charge in [0, 0.05) is 49.5 Å². The van der Waals surface area contributed by atoms with Crippen molar-refractivity contribution in [2.45, 2.75) is 0 Å². The van der Waals surface area contributed by atoms with Crippen LogP contribution in [0.15, 0.2) is 48.7 Å². The van der Waals surface area contributed by atoms with E-state index < -0.39 is 0 Å². The summed E-state index contributed by atoms with van der Waals surface area (Å²) in [5.41, 5.74) is 1.37. The summed E-state index contributed by atoms with van der Waals surface area (Å²) in [5.74, 6) is 3.68. The normalized spacial score (nSPS) is 14.6. The maximum Gasteiger partial charge on any atom is 0.262 e. The molecule has 1 saturated heterocycles. The van der Waals surface area contributed by atoms with Crippen LogP contribution >= 0.6 is 0 Å². The molecule has 1 N–H and O–H groups in total. The molecule has 1 aromatic heterocycles. The molecular formula is C19H20N4O. The number of nitrogens with one attached hydrogen (secondary N) is 1. The molecular weight excluding hydrogens is 300 g/mol. The number of aromatic nitrogens is 1. The number of pyridine rings is 1. The summed E-state index contributed by atoms with van der Waals surface area (Å²) in [6.45, 7) is 4.08. The van der Waals surface area contributed by atoms with Gasteiger partial charge in [0.15, 0.2) is 0 Å². The number of anilines is 1. The lowest BCUT2D eigenvalue weighted by Crippen LogP contribution is -2.44. The molecule has 1 aromatic carbocycles. The van der Waals surface area contributed by atoms with Gasteiger partial charge in [-0.3, -0.25) is 10.1 Å². The molecule has 0 aliphatic carbocycles. The summed E-state index contributed by atoms with van der Waals surface area (Å²) < 4.78 is 0. The van der Waals surface area contributed by atoms with E-state index in [9.17, 15) is 4.79 Å². The van der Waals surface area contributed by atoms with Gasteiger partial charge in [-0.15, -0.1) is 0 Å². The van der Waals surface area contributed by atoms with E-state index in [1.54, 1.807) is 18.3 Å². The molecule has 5 heteroatoms. The lowest BCUT2D eigenvalue weighted by Gasteiger charge is -2.33. The molecule has 24 heavy (non-hydrogen) atoms. The van der Waals surface area contributed by atoms with E-state index in [-0.39, 0.29) is 5.91 Å². The Morgan fingerprint density at radius 2 is 1.83 bits per heavy atom. The van der Waals surface area contributed by atoms with Gasteiger partial charge < -0.3 is 9.80 Å². The van der Waals surface area contributed by atoms with Crippen molar-refractivity contribution in [1.82, 2.24) is 15.2 Å². The highest BCUT2D eigenvalue weighted by Gasteiger charge is 2.14. The molecule has 2 heterocycles. The van der Waals surface area contributed by atoms with Crippen LogP contribution in [-0.2, 0) is 0 Å². The number of carbonyl (C=O) groups excluding carboxylic acids is 1. The van der Waals surface area contributed by atoms with Crippen molar-refractivity contribution in [3.8, 4) is 12.0 Å². The molecule has 1 fully saturated rings.